The Hall–Kier alpha value is -2.93. The van der Waals surface area contributed by atoms with Crippen LogP contribution in [-0.4, -0.2) is 49.6 Å². The number of benzene rings is 1. The Labute approximate surface area is 195 Å². The number of hydrogen-bond acceptors (Lipinski definition) is 5. The monoisotopic (exact) mass is 448 g/mol. The third-order valence-electron chi connectivity index (χ3n) is 7.18. The van der Waals surface area contributed by atoms with Crippen molar-refractivity contribution in [3.05, 3.63) is 53.7 Å². The van der Waals surface area contributed by atoms with Crippen molar-refractivity contribution in [3.63, 3.8) is 0 Å². The van der Waals surface area contributed by atoms with Gasteiger partial charge in [-0.2, -0.15) is 0 Å². The van der Waals surface area contributed by atoms with Crippen LogP contribution in [-0.2, 0) is 27.3 Å². The van der Waals surface area contributed by atoms with Crippen LogP contribution in [0, 0.1) is 11.8 Å². The lowest BCUT2D eigenvalue weighted by molar-refractivity contribution is -0.135. The van der Waals surface area contributed by atoms with Crippen molar-refractivity contribution < 1.29 is 14.3 Å². The van der Waals surface area contributed by atoms with Gasteiger partial charge in [0, 0.05) is 44.0 Å². The number of aromatic nitrogens is 1. The number of morpholine rings is 1. The van der Waals surface area contributed by atoms with Crippen LogP contribution >= 0.6 is 0 Å². The Balaban J connectivity index is 1.21. The van der Waals surface area contributed by atoms with Crippen LogP contribution in [0.1, 0.15) is 36.8 Å². The smallest absolute Gasteiger partial charge is 0.230 e. The van der Waals surface area contributed by atoms with E-state index in [9.17, 15) is 9.59 Å². The van der Waals surface area contributed by atoms with Crippen LogP contribution in [0.3, 0.4) is 0 Å². The standard InChI is InChI=1S/C26H32N4O3/c31-25(28-18-19-9-10-24(27-17-19)29-13-15-33-16-14-29)21-6-2-3-7-22(21)26(32)30-12-11-20-5-1-4-8-23(20)30/h1,4-5,8-10,17,21-22H,2-3,6-7,11-16,18H2,(H,28,31)/t21-,22+/m1/s1. The van der Waals surface area contributed by atoms with Crippen molar-refractivity contribution in [2.24, 2.45) is 11.8 Å². The van der Waals surface area contributed by atoms with Gasteiger partial charge >= 0.3 is 0 Å². The Kier molecular flexibility index (Phi) is 6.58. The Morgan fingerprint density at radius 1 is 1.00 bits per heavy atom. The number of nitrogens with one attached hydrogen (secondary N) is 1. The highest BCUT2D eigenvalue weighted by atomic mass is 16.5. The fourth-order valence-electron chi connectivity index (χ4n) is 5.33. The normalized spacial score (nSPS) is 22.7. The summed E-state index contributed by atoms with van der Waals surface area (Å²) in [5.41, 5.74) is 3.20. The molecule has 174 valence electrons. The Morgan fingerprint density at radius 2 is 1.79 bits per heavy atom. The zero-order valence-corrected chi connectivity index (χ0v) is 19.0. The van der Waals surface area contributed by atoms with Crippen LogP contribution in [0.4, 0.5) is 11.5 Å². The molecule has 1 aromatic carbocycles. The van der Waals surface area contributed by atoms with E-state index < -0.39 is 0 Å². The van der Waals surface area contributed by atoms with Gasteiger partial charge in [-0.15, -0.1) is 0 Å². The molecule has 1 saturated carbocycles. The summed E-state index contributed by atoms with van der Waals surface area (Å²) >= 11 is 0. The number of para-hydroxylation sites is 1. The molecule has 0 spiro atoms. The Morgan fingerprint density at radius 3 is 2.58 bits per heavy atom. The minimum Gasteiger partial charge on any atom is -0.378 e. The van der Waals surface area contributed by atoms with Crippen molar-refractivity contribution in [3.8, 4) is 0 Å². The van der Waals surface area contributed by atoms with Gasteiger partial charge in [-0.3, -0.25) is 9.59 Å². The summed E-state index contributed by atoms with van der Waals surface area (Å²) in [5.74, 6) is 0.526. The van der Waals surface area contributed by atoms with Gasteiger partial charge in [-0.05, 0) is 42.5 Å². The van der Waals surface area contributed by atoms with Gasteiger partial charge < -0.3 is 19.9 Å². The third-order valence-corrected chi connectivity index (χ3v) is 7.18. The highest BCUT2D eigenvalue weighted by Gasteiger charge is 2.39. The number of nitrogens with zero attached hydrogens (tertiary/aromatic N) is 3. The van der Waals surface area contributed by atoms with E-state index in [1.165, 1.54) is 5.56 Å². The molecule has 5 rings (SSSR count). The maximum Gasteiger partial charge on any atom is 0.230 e. The number of amides is 2. The maximum atomic E-state index is 13.5. The van der Waals surface area contributed by atoms with Crippen LogP contribution in [0.15, 0.2) is 42.6 Å². The molecule has 2 atom stereocenters. The van der Waals surface area contributed by atoms with Crippen LogP contribution in [0.2, 0.25) is 0 Å². The number of hydrogen-bond donors (Lipinski definition) is 1. The second kappa shape index (κ2) is 9.91. The average Bonchev–Trinajstić information content (AvgIpc) is 3.32. The predicted molar refractivity (Wildman–Crippen MR) is 127 cm³/mol. The summed E-state index contributed by atoms with van der Waals surface area (Å²) in [4.78, 5) is 35.3. The fraction of sp³-hybridized carbons (Fsp3) is 0.500. The molecule has 0 bridgehead atoms. The molecule has 7 heteroatoms. The summed E-state index contributed by atoms with van der Waals surface area (Å²) in [6.45, 7) is 4.29. The number of pyridine rings is 1. The van der Waals surface area contributed by atoms with E-state index in [-0.39, 0.29) is 23.7 Å². The van der Waals surface area contributed by atoms with Crippen molar-refractivity contribution in [2.45, 2.75) is 38.6 Å². The summed E-state index contributed by atoms with van der Waals surface area (Å²) in [6.07, 6.45) is 6.27. The molecule has 1 aliphatic carbocycles. The summed E-state index contributed by atoms with van der Waals surface area (Å²) < 4.78 is 5.40. The highest BCUT2D eigenvalue weighted by molar-refractivity contribution is 5.99. The summed E-state index contributed by atoms with van der Waals surface area (Å²) in [6, 6.07) is 12.1. The van der Waals surface area contributed by atoms with Crippen LogP contribution < -0.4 is 15.1 Å². The molecule has 1 saturated heterocycles. The molecule has 0 radical (unpaired) electrons. The van der Waals surface area contributed by atoms with E-state index in [2.05, 4.69) is 21.3 Å². The molecular weight excluding hydrogens is 416 g/mol. The predicted octanol–water partition coefficient (Wildman–Crippen LogP) is 2.93. The third kappa shape index (κ3) is 4.74. The average molecular weight is 449 g/mol. The molecule has 3 aliphatic rings. The number of fused-ring (bicyclic) bond motifs is 1. The second-order valence-corrected chi connectivity index (χ2v) is 9.21. The van der Waals surface area contributed by atoms with E-state index >= 15 is 0 Å². The molecular formula is C26H32N4O3. The fourth-order valence-corrected chi connectivity index (χ4v) is 5.33. The van der Waals surface area contributed by atoms with Crippen LogP contribution in [0.25, 0.3) is 0 Å². The molecule has 7 nitrogen and oxygen atoms in total. The molecule has 0 unspecified atom stereocenters. The van der Waals surface area contributed by atoms with E-state index in [0.29, 0.717) is 13.1 Å². The van der Waals surface area contributed by atoms with E-state index in [4.69, 9.17) is 4.74 Å². The molecule has 2 amide bonds. The Bertz CT molecular complexity index is 987. The summed E-state index contributed by atoms with van der Waals surface area (Å²) in [5, 5.41) is 3.08. The highest BCUT2D eigenvalue weighted by Crippen LogP contribution is 2.36. The zero-order valence-electron chi connectivity index (χ0n) is 19.0. The number of carbonyl (C=O) groups excluding carboxylic acids is 2. The maximum absolute atomic E-state index is 13.5. The van der Waals surface area contributed by atoms with Crippen molar-refractivity contribution in [1.29, 1.82) is 0 Å². The topological polar surface area (TPSA) is 74.8 Å². The van der Waals surface area contributed by atoms with Crippen molar-refractivity contribution in [1.82, 2.24) is 10.3 Å². The zero-order chi connectivity index (χ0) is 22.6. The van der Waals surface area contributed by atoms with Gasteiger partial charge in [-0.25, -0.2) is 4.98 Å². The SMILES string of the molecule is O=C(NCc1ccc(N2CCOCC2)nc1)[C@@H]1CCCC[C@@H]1C(=O)N1CCc2ccccc21. The first-order valence-electron chi connectivity index (χ1n) is 12.2. The molecule has 1 aromatic heterocycles. The van der Waals surface area contributed by atoms with Crippen molar-refractivity contribution in [2.75, 3.05) is 42.6 Å². The largest absolute Gasteiger partial charge is 0.378 e. The van der Waals surface area contributed by atoms with Gasteiger partial charge in [0.2, 0.25) is 11.8 Å². The molecule has 33 heavy (non-hydrogen) atoms. The van der Waals surface area contributed by atoms with Crippen molar-refractivity contribution >= 4 is 23.3 Å². The lowest BCUT2D eigenvalue weighted by Gasteiger charge is -2.32. The molecule has 2 aromatic rings. The van der Waals surface area contributed by atoms with E-state index in [0.717, 1.165) is 75.5 Å². The lowest BCUT2D eigenvalue weighted by atomic mass is 9.77. The van der Waals surface area contributed by atoms with E-state index in [1.54, 1.807) is 0 Å². The number of carbonyl (C=O) groups is 2. The summed E-state index contributed by atoms with van der Waals surface area (Å²) in [7, 11) is 0. The lowest BCUT2D eigenvalue weighted by Crippen LogP contribution is -2.45. The second-order valence-electron chi connectivity index (χ2n) is 9.21. The quantitative estimate of drug-likeness (QED) is 0.761. The van der Waals surface area contributed by atoms with Gasteiger partial charge in [0.05, 0.1) is 19.1 Å². The first kappa shape index (κ1) is 21.9. The minimum absolute atomic E-state index is 0.0159. The molecule has 2 aliphatic heterocycles. The van der Waals surface area contributed by atoms with Crippen LogP contribution in [0.5, 0.6) is 0 Å². The number of anilines is 2. The number of ether oxygens (including phenoxy) is 1. The molecule has 1 N–H and O–H groups in total. The van der Waals surface area contributed by atoms with Gasteiger partial charge in [-0.1, -0.05) is 37.1 Å². The van der Waals surface area contributed by atoms with E-state index in [1.807, 2.05) is 41.4 Å². The first-order chi connectivity index (χ1) is 16.2. The minimum atomic E-state index is -0.264. The molecule has 2 fully saturated rings. The van der Waals surface area contributed by atoms with Gasteiger partial charge in [0.25, 0.3) is 0 Å². The molecule has 3 heterocycles. The number of rotatable bonds is 5. The first-order valence-corrected chi connectivity index (χ1v) is 12.2. The van der Waals surface area contributed by atoms with Gasteiger partial charge in [0.1, 0.15) is 5.82 Å². The van der Waals surface area contributed by atoms with Gasteiger partial charge in [0.15, 0.2) is 0 Å².